The lowest BCUT2D eigenvalue weighted by Crippen LogP contribution is -2.36. The van der Waals surface area contributed by atoms with Gasteiger partial charge in [0.25, 0.3) is 10.0 Å². The lowest BCUT2D eigenvalue weighted by molar-refractivity contribution is -0.00761. The first kappa shape index (κ1) is 20.3. The van der Waals surface area contributed by atoms with Crippen molar-refractivity contribution in [1.29, 1.82) is 0 Å². The van der Waals surface area contributed by atoms with Crippen LogP contribution in [0, 0.1) is 0 Å². The quantitative estimate of drug-likeness (QED) is 0.713. The third-order valence-corrected chi connectivity index (χ3v) is 7.26. The van der Waals surface area contributed by atoms with Crippen molar-refractivity contribution in [3.05, 3.63) is 28.7 Å². The molecule has 2 aliphatic carbocycles. The average molecular weight is 448 g/mol. The van der Waals surface area contributed by atoms with E-state index in [4.69, 9.17) is 14.5 Å². The Bertz CT molecular complexity index is 1110. The van der Waals surface area contributed by atoms with Crippen LogP contribution in [0.4, 0.5) is 10.5 Å². The molecule has 31 heavy (non-hydrogen) atoms. The SMILES string of the molecule is CCOC1COc2c(S(=O)(=O)NC(=O)Nc3c4c(nc5c3CCC5)CCC4)cnn2C1. The molecule has 166 valence electrons. The topological polar surface area (TPSA) is 124 Å². The van der Waals surface area contributed by atoms with Crippen LogP contribution in [0.5, 0.6) is 5.88 Å². The maximum atomic E-state index is 12.9. The highest BCUT2D eigenvalue weighted by molar-refractivity contribution is 7.90. The Balaban J connectivity index is 1.36. The fraction of sp³-hybridized carbons (Fsp3) is 0.550. The van der Waals surface area contributed by atoms with E-state index in [1.807, 2.05) is 6.92 Å². The van der Waals surface area contributed by atoms with Gasteiger partial charge in [0.1, 0.15) is 12.7 Å². The Labute approximate surface area is 180 Å². The van der Waals surface area contributed by atoms with Gasteiger partial charge < -0.3 is 14.8 Å². The molecule has 2 N–H and O–H groups in total. The zero-order chi connectivity index (χ0) is 21.6. The number of urea groups is 1. The van der Waals surface area contributed by atoms with E-state index in [-0.39, 0.29) is 23.5 Å². The van der Waals surface area contributed by atoms with E-state index in [1.54, 1.807) is 0 Å². The molecule has 5 rings (SSSR count). The van der Waals surface area contributed by atoms with Crippen LogP contribution in [0.15, 0.2) is 11.1 Å². The first-order valence-electron chi connectivity index (χ1n) is 10.6. The van der Waals surface area contributed by atoms with E-state index in [9.17, 15) is 13.2 Å². The Morgan fingerprint density at radius 1 is 1.23 bits per heavy atom. The fourth-order valence-corrected chi connectivity index (χ4v) is 5.61. The molecule has 0 spiro atoms. The molecule has 2 amide bonds. The number of anilines is 1. The van der Waals surface area contributed by atoms with Crippen LogP contribution in [-0.4, -0.2) is 48.5 Å². The summed E-state index contributed by atoms with van der Waals surface area (Å²) < 4.78 is 40.4. The van der Waals surface area contributed by atoms with E-state index in [1.165, 1.54) is 10.9 Å². The molecule has 11 heteroatoms. The highest BCUT2D eigenvalue weighted by Crippen LogP contribution is 2.36. The van der Waals surface area contributed by atoms with Gasteiger partial charge in [-0.25, -0.2) is 22.6 Å². The molecular weight excluding hydrogens is 422 g/mol. The summed E-state index contributed by atoms with van der Waals surface area (Å²) in [5, 5.41) is 6.90. The Morgan fingerprint density at radius 2 is 1.94 bits per heavy atom. The number of amides is 2. The molecule has 2 aromatic heterocycles. The Hall–Kier alpha value is -2.66. The van der Waals surface area contributed by atoms with Crippen molar-refractivity contribution in [2.24, 2.45) is 0 Å². The van der Waals surface area contributed by atoms with Crippen LogP contribution in [0.1, 0.15) is 42.3 Å². The number of rotatable bonds is 5. The van der Waals surface area contributed by atoms with Crippen LogP contribution >= 0.6 is 0 Å². The predicted molar refractivity (Wildman–Crippen MR) is 111 cm³/mol. The summed E-state index contributed by atoms with van der Waals surface area (Å²) in [6, 6.07) is -0.794. The number of hydrogen-bond acceptors (Lipinski definition) is 7. The summed E-state index contributed by atoms with van der Waals surface area (Å²) in [5.74, 6) is 0.113. The number of sulfonamides is 1. The Morgan fingerprint density at radius 3 is 2.61 bits per heavy atom. The lowest BCUT2D eigenvalue weighted by Gasteiger charge is -2.24. The summed E-state index contributed by atoms with van der Waals surface area (Å²) in [5.41, 5.74) is 4.82. The summed E-state index contributed by atoms with van der Waals surface area (Å²) in [4.78, 5) is 17.3. The first-order chi connectivity index (χ1) is 15.0. The highest BCUT2D eigenvalue weighted by atomic mass is 32.2. The normalized spacial score (nSPS) is 19.3. The second-order valence-electron chi connectivity index (χ2n) is 7.99. The molecule has 1 atom stereocenters. The van der Waals surface area contributed by atoms with Crippen LogP contribution in [0.3, 0.4) is 0 Å². The molecule has 0 fully saturated rings. The van der Waals surface area contributed by atoms with Gasteiger partial charge in [0.15, 0.2) is 4.90 Å². The third-order valence-electron chi connectivity index (χ3n) is 5.95. The summed E-state index contributed by atoms with van der Waals surface area (Å²) in [6.45, 7) is 3.02. The first-order valence-corrected chi connectivity index (χ1v) is 12.1. The van der Waals surface area contributed by atoms with Gasteiger partial charge in [-0.05, 0) is 56.6 Å². The summed E-state index contributed by atoms with van der Waals surface area (Å²) >= 11 is 0. The fourth-order valence-electron chi connectivity index (χ4n) is 4.62. The number of nitrogens with zero attached hydrogens (tertiary/aromatic N) is 3. The van der Waals surface area contributed by atoms with Crippen molar-refractivity contribution in [1.82, 2.24) is 19.5 Å². The van der Waals surface area contributed by atoms with E-state index in [0.717, 1.165) is 66.7 Å². The molecule has 3 aliphatic rings. The van der Waals surface area contributed by atoms with Crippen LogP contribution < -0.4 is 14.8 Å². The average Bonchev–Trinajstić information content (AvgIpc) is 3.46. The number of carbonyl (C=O) groups excluding carboxylic acids is 1. The molecule has 0 radical (unpaired) electrons. The number of nitrogens with one attached hydrogen (secondary N) is 2. The number of aryl methyl sites for hydroxylation is 2. The number of ether oxygens (including phenoxy) is 2. The molecular formula is C20H25N5O5S. The van der Waals surface area contributed by atoms with Crippen molar-refractivity contribution in [3.63, 3.8) is 0 Å². The smallest absolute Gasteiger partial charge is 0.333 e. The summed E-state index contributed by atoms with van der Waals surface area (Å²) in [7, 11) is -4.16. The number of carbonyl (C=O) groups is 1. The number of pyridine rings is 1. The number of aromatic nitrogens is 3. The van der Waals surface area contributed by atoms with Gasteiger partial charge in [0.05, 0.1) is 18.4 Å². The van der Waals surface area contributed by atoms with E-state index in [2.05, 4.69) is 15.1 Å². The van der Waals surface area contributed by atoms with Crippen molar-refractivity contribution in [2.75, 3.05) is 18.5 Å². The number of fused-ring (bicyclic) bond motifs is 3. The Kier molecular flexibility index (Phi) is 5.09. The molecule has 3 heterocycles. The minimum atomic E-state index is -4.16. The maximum Gasteiger partial charge on any atom is 0.333 e. The molecule has 1 unspecified atom stereocenters. The number of hydrogen-bond donors (Lipinski definition) is 2. The molecule has 0 saturated heterocycles. The minimum Gasteiger partial charge on any atom is -0.474 e. The summed E-state index contributed by atoms with van der Waals surface area (Å²) in [6.07, 6.45) is 6.43. The minimum absolute atomic E-state index is 0.113. The van der Waals surface area contributed by atoms with Gasteiger partial charge in [0, 0.05) is 18.0 Å². The lowest BCUT2D eigenvalue weighted by atomic mass is 10.1. The second kappa shape index (κ2) is 7.79. The molecule has 0 aromatic carbocycles. The molecule has 1 aliphatic heterocycles. The van der Waals surface area contributed by atoms with Gasteiger partial charge in [0.2, 0.25) is 5.88 Å². The molecule has 0 saturated carbocycles. The van der Waals surface area contributed by atoms with Gasteiger partial charge in [-0.15, -0.1) is 0 Å². The van der Waals surface area contributed by atoms with Crippen molar-refractivity contribution >= 4 is 21.7 Å². The zero-order valence-corrected chi connectivity index (χ0v) is 18.1. The highest BCUT2D eigenvalue weighted by Gasteiger charge is 2.32. The molecule has 2 aromatic rings. The van der Waals surface area contributed by atoms with Gasteiger partial charge in [-0.2, -0.15) is 5.10 Å². The largest absolute Gasteiger partial charge is 0.474 e. The van der Waals surface area contributed by atoms with Crippen LogP contribution in [0.25, 0.3) is 0 Å². The van der Waals surface area contributed by atoms with Crippen LogP contribution in [0.2, 0.25) is 0 Å². The van der Waals surface area contributed by atoms with Gasteiger partial charge in [-0.1, -0.05) is 0 Å². The molecule has 10 nitrogen and oxygen atoms in total. The van der Waals surface area contributed by atoms with E-state index >= 15 is 0 Å². The van der Waals surface area contributed by atoms with Crippen molar-refractivity contribution in [3.8, 4) is 5.88 Å². The maximum absolute atomic E-state index is 12.9. The van der Waals surface area contributed by atoms with E-state index in [0.29, 0.717) is 13.2 Å². The van der Waals surface area contributed by atoms with E-state index < -0.39 is 16.1 Å². The predicted octanol–water partition coefficient (Wildman–Crippen LogP) is 1.56. The third kappa shape index (κ3) is 3.65. The van der Waals surface area contributed by atoms with Crippen LogP contribution in [-0.2, 0) is 47.0 Å². The standard InChI is InChI=1S/C20H25N5O5S/c1-2-29-12-10-25-19(30-11-12)17(9-21-25)31(27,28)24-20(26)23-18-13-5-3-7-15(13)22-16-8-4-6-14(16)18/h9,12H,2-8,10-11H2,1H3,(H2,22,23,24,26). The zero-order valence-electron chi connectivity index (χ0n) is 17.3. The monoisotopic (exact) mass is 447 g/mol. The van der Waals surface area contributed by atoms with Crippen molar-refractivity contribution < 1.29 is 22.7 Å². The van der Waals surface area contributed by atoms with Gasteiger partial charge in [-0.3, -0.25) is 4.98 Å². The molecule has 0 bridgehead atoms. The van der Waals surface area contributed by atoms with Crippen molar-refractivity contribution in [2.45, 2.75) is 63.0 Å². The second-order valence-corrected chi connectivity index (χ2v) is 9.64. The van der Waals surface area contributed by atoms with Gasteiger partial charge >= 0.3 is 6.03 Å².